The molecule has 48 valence electrons. The number of rotatable bonds is 0. The van der Waals surface area contributed by atoms with Crippen LogP contribution in [0.2, 0.25) is 0 Å². The van der Waals surface area contributed by atoms with E-state index >= 15 is 0 Å². The van der Waals surface area contributed by atoms with Gasteiger partial charge in [0.2, 0.25) is 0 Å². The van der Waals surface area contributed by atoms with Crippen LogP contribution in [-0.4, -0.2) is 24.8 Å². The Bertz CT molecular complexity index is 162. The van der Waals surface area contributed by atoms with E-state index in [-0.39, 0.29) is 6.17 Å². The van der Waals surface area contributed by atoms with Gasteiger partial charge in [0.1, 0.15) is 0 Å². The quantitative estimate of drug-likeness (QED) is 0.490. The summed E-state index contributed by atoms with van der Waals surface area (Å²) in [5, 5.41) is 3.15. The summed E-state index contributed by atoms with van der Waals surface area (Å²) in [6.45, 7) is 0. The van der Waals surface area contributed by atoms with Crippen molar-refractivity contribution in [1.82, 2.24) is 5.32 Å². The SMILES string of the molecule is C1=NC2N=CNC2CC1. The summed E-state index contributed by atoms with van der Waals surface area (Å²) in [7, 11) is 0. The summed E-state index contributed by atoms with van der Waals surface area (Å²) < 4.78 is 0. The molecule has 2 atom stereocenters. The van der Waals surface area contributed by atoms with Crippen LogP contribution in [-0.2, 0) is 0 Å². The molecular formula is C6H9N3. The lowest BCUT2D eigenvalue weighted by Gasteiger charge is -2.17. The Morgan fingerprint density at radius 2 is 2.44 bits per heavy atom. The van der Waals surface area contributed by atoms with Crippen molar-refractivity contribution in [3.05, 3.63) is 0 Å². The number of hydrogen-bond acceptors (Lipinski definition) is 3. The van der Waals surface area contributed by atoms with Crippen molar-refractivity contribution in [2.75, 3.05) is 0 Å². The second-order valence-corrected chi connectivity index (χ2v) is 2.37. The summed E-state index contributed by atoms with van der Waals surface area (Å²) >= 11 is 0. The van der Waals surface area contributed by atoms with Crippen molar-refractivity contribution >= 4 is 12.6 Å². The van der Waals surface area contributed by atoms with Gasteiger partial charge in [-0.3, -0.25) is 4.99 Å². The van der Waals surface area contributed by atoms with Crippen LogP contribution < -0.4 is 5.32 Å². The summed E-state index contributed by atoms with van der Waals surface area (Å²) in [5.74, 6) is 0. The third-order valence-electron chi connectivity index (χ3n) is 1.74. The van der Waals surface area contributed by atoms with Crippen LogP contribution in [0.1, 0.15) is 12.8 Å². The Labute approximate surface area is 53.9 Å². The van der Waals surface area contributed by atoms with Crippen LogP contribution in [0.15, 0.2) is 9.98 Å². The average Bonchev–Trinajstić information content (AvgIpc) is 2.33. The molecule has 0 aromatic rings. The Morgan fingerprint density at radius 3 is 3.33 bits per heavy atom. The van der Waals surface area contributed by atoms with Crippen molar-refractivity contribution in [2.24, 2.45) is 9.98 Å². The molecule has 0 saturated heterocycles. The standard InChI is InChI=1S/C6H9N3/c1-2-5-6(7-3-1)9-4-8-5/h3-6H,1-2H2,(H,8,9). The monoisotopic (exact) mass is 123 g/mol. The number of nitrogens with zero attached hydrogens (tertiary/aromatic N) is 2. The minimum Gasteiger partial charge on any atom is -0.369 e. The Morgan fingerprint density at radius 1 is 1.44 bits per heavy atom. The number of aliphatic imine (C=N–C) groups is 2. The minimum absolute atomic E-state index is 0.193. The fourth-order valence-corrected chi connectivity index (χ4v) is 1.22. The third kappa shape index (κ3) is 0.724. The van der Waals surface area contributed by atoms with Crippen LogP contribution in [0.5, 0.6) is 0 Å². The molecule has 2 aliphatic heterocycles. The molecule has 2 aliphatic rings. The fourth-order valence-electron chi connectivity index (χ4n) is 1.22. The predicted molar refractivity (Wildman–Crippen MR) is 36.9 cm³/mol. The maximum atomic E-state index is 4.21. The molecule has 3 nitrogen and oxygen atoms in total. The first kappa shape index (κ1) is 4.97. The highest BCUT2D eigenvalue weighted by molar-refractivity contribution is 5.63. The predicted octanol–water partition coefficient (Wildman–Crippen LogP) is 0.177. The summed E-state index contributed by atoms with van der Waals surface area (Å²) in [4.78, 5) is 8.33. The molecule has 1 N–H and O–H groups in total. The topological polar surface area (TPSA) is 36.8 Å². The molecule has 0 radical (unpaired) electrons. The van der Waals surface area contributed by atoms with Gasteiger partial charge in [0.15, 0.2) is 6.17 Å². The number of nitrogens with one attached hydrogen (secondary N) is 1. The zero-order chi connectivity index (χ0) is 6.10. The molecular weight excluding hydrogens is 114 g/mol. The van der Waals surface area contributed by atoms with Crippen molar-refractivity contribution in [3.8, 4) is 0 Å². The fraction of sp³-hybridized carbons (Fsp3) is 0.667. The molecule has 0 fully saturated rings. The average molecular weight is 123 g/mol. The lowest BCUT2D eigenvalue weighted by molar-refractivity contribution is 0.499. The van der Waals surface area contributed by atoms with Crippen LogP contribution in [0.25, 0.3) is 0 Å². The van der Waals surface area contributed by atoms with E-state index in [0.29, 0.717) is 6.04 Å². The normalized spacial score (nSPS) is 38.2. The number of hydrogen-bond donors (Lipinski definition) is 1. The smallest absolute Gasteiger partial charge is 0.160 e. The van der Waals surface area contributed by atoms with Gasteiger partial charge in [0.05, 0.1) is 12.4 Å². The lowest BCUT2D eigenvalue weighted by atomic mass is 10.1. The van der Waals surface area contributed by atoms with Crippen molar-refractivity contribution < 1.29 is 0 Å². The van der Waals surface area contributed by atoms with Gasteiger partial charge in [0.25, 0.3) is 0 Å². The summed E-state index contributed by atoms with van der Waals surface area (Å²) in [6, 6.07) is 0.495. The first-order valence-corrected chi connectivity index (χ1v) is 3.26. The zero-order valence-electron chi connectivity index (χ0n) is 5.12. The van der Waals surface area contributed by atoms with E-state index < -0.39 is 0 Å². The highest BCUT2D eigenvalue weighted by atomic mass is 15.2. The van der Waals surface area contributed by atoms with Gasteiger partial charge in [-0.1, -0.05) is 0 Å². The van der Waals surface area contributed by atoms with Crippen molar-refractivity contribution in [2.45, 2.75) is 25.0 Å². The molecule has 9 heavy (non-hydrogen) atoms. The first-order valence-electron chi connectivity index (χ1n) is 3.26. The Kier molecular flexibility index (Phi) is 1.01. The Balaban J connectivity index is 2.17. The second-order valence-electron chi connectivity index (χ2n) is 2.37. The van der Waals surface area contributed by atoms with Crippen molar-refractivity contribution in [3.63, 3.8) is 0 Å². The summed E-state index contributed by atoms with van der Waals surface area (Å²) in [5.41, 5.74) is 0. The molecule has 0 amide bonds. The first-order chi connectivity index (χ1) is 4.47. The summed E-state index contributed by atoms with van der Waals surface area (Å²) in [6.07, 6.45) is 6.19. The largest absolute Gasteiger partial charge is 0.369 e. The molecule has 2 rings (SSSR count). The molecule has 0 aromatic heterocycles. The molecule has 0 aliphatic carbocycles. The maximum Gasteiger partial charge on any atom is 0.160 e. The molecule has 0 bridgehead atoms. The highest BCUT2D eigenvalue weighted by Gasteiger charge is 2.23. The van der Waals surface area contributed by atoms with Gasteiger partial charge in [-0.25, -0.2) is 4.99 Å². The van der Waals surface area contributed by atoms with E-state index in [1.807, 2.05) is 6.21 Å². The van der Waals surface area contributed by atoms with Gasteiger partial charge in [-0.05, 0) is 12.8 Å². The molecule has 0 spiro atoms. The van der Waals surface area contributed by atoms with E-state index in [4.69, 9.17) is 0 Å². The molecule has 0 saturated carbocycles. The van der Waals surface area contributed by atoms with E-state index in [0.717, 1.165) is 6.42 Å². The van der Waals surface area contributed by atoms with E-state index in [9.17, 15) is 0 Å². The van der Waals surface area contributed by atoms with Crippen molar-refractivity contribution in [1.29, 1.82) is 0 Å². The van der Waals surface area contributed by atoms with E-state index in [2.05, 4.69) is 15.3 Å². The van der Waals surface area contributed by atoms with Crippen LogP contribution in [0.4, 0.5) is 0 Å². The zero-order valence-corrected chi connectivity index (χ0v) is 5.12. The minimum atomic E-state index is 0.193. The maximum absolute atomic E-state index is 4.21. The molecule has 3 heteroatoms. The van der Waals surface area contributed by atoms with Crippen LogP contribution >= 0.6 is 0 Å². The van der Waals surface area contributed by atoms with Gasteiger partial charge >= 0.3 is 0 Å². The van der Waals surface area contributed by atoms with E-state index in [1.54, 1.807) is 6.34 Å². The molecule has 2 unspecified atom stereocenters. The Hall–Kier alpha value is -0.860. The molecule has 0 aromatic carbocycles. The van der Waals surface area contributed by atoms with Crippen LogP contribution in [0.3, 0.4) is 0 Å². The highest BCUT2D eigenvalue weighted by Crippen LogP contribution is 2.14. The number of fused-ring (bicyclic) bond motifs is 1. The molecule has 2 heterocycles. The van der Waals surface area contributed by atoms with Crippen LogP contribution in [0, 0.1) is 0 Å². The second kappa shape index (κ2) is 1.83. The van der Waals surface area contributed by atoms with E-state index in [1.165, 1.54) is 6.42 Å². The lowest BCUT2D eigenvalue weighted by Crippen LogP contribution is -2.32. The van der Waals surface area contributed by atoms with Gasteiger partial charge in [0, 0.05) is 6.21 Å². The van der Waals surface area contributed by atoms with Gasteiger partial charge < -0.3 is 5.32 Å². The van der Waals surface area contributed by atoms with Gasteiger partial charge in [-0.15, -0.1) is 0 Å². The van der Waals surface area contributed by atoms with Gasteiger partial charge in [-0.2, -0.15) is 0 Å². The third-order valence-corrected chi connectivity index (χ3v) is 1.74.